The molecule has 1 atom stereocenters. The van der Waals surface area contributed by atoms with E-state index in [0.29, 0.717) is 37.7 Å². The molecule has 0 radical (unpaired) electrons. The number of H-pyrrole nitrogens is 1. The van der Waals surface area contributed by atoms with Gasteiger partial charge in [-0.05, 0) is 23.9 Å². The SMILES string of the molecule is CCCCCCCCCCCCCCCCCC(=O)OCC(CC[Si](c1ccccc1)(c1ccccc1)C(C)(C)C)CN1CNc2c1nc(N)[nH]c2=O. The van der Waals surface area contributed by atoms with E-state index in [9.17, 15) is 9.59 Å². The number of hydrogen-bond donors (Lipinski definition) is 3. The number of esters is 1. The topological polar surface area (TPSA) is 113 Å². The lowest BCUT2D eigenvalue weighted by Crippen LogP contribution is -2.64. The molecule has 53 heavy (non-hydrogen) atoms. The largest absolute Gasteiger partial charge is 0.465 e. The monoisotopic (exact) mass is 744 g/mol. The van der Waals surface area contributed by atoms with Crippen LogP contribution in [0.25, 0.3) is 0 Å². The second-order valence-electron chi connectivity index (χ2n) is 16.4. The summed E-state index contributed by atoms with van der Waals surface area (Å²) >= 11 is 0. The Morgan fingerprint density at radius 1 is 0.830 bits per heavy atom. The second kappa shape index (κ2) is 21.9. The Kier molecular flexibility index (Phi) is 17.5. The number of hydrogen-bond acceptors (Lipinski definition) is 7. The number of nitrogen functional groups attached to an aromatic ring is 1. The normalized spacial score (nSPS) is 13.5. The maximum absolute atomic E-state index is 13.1. The highest BCUT2D eigenvalue weighted by Gasteiger charge is 2.47. The van der Waals surface area contributed by atoms with Crippen LogP contribution in [0.3, 0.4) is 0 Å². The highest BCUT2D eigenvalue weighted by molar-refractivity contribution is 7.04. The van der Waals surface area contributed by atoms with E-state index < -0.39 is 8.07 Å². The van der Waals surface area contributed by atoms with Crippen molar-refractivity contribution in [3.63, 3.8) is 0 Å². The quantitative estimate of drug-likeness (QED) is 0.0450. The molecule has 1 unspecified atom stereocenters. The van der Waals surface area contributed by atoms with Crippen LogP contribution in [0.1, 0.15) is 137 Å². The number of benzene rings is 2. The second-order valence-corrected chi connectivity index (χ2v) is 21.3. The first-order valence-corrected chi connectivity index (χ1v) is 23.0. The number of ether oxygens (including phenoxy) is 1. The Bertz CT molecular complexity index is 1500. The molecule has 4 rings (SSSR count). The van der Waals surface area contributed by atoms with Crippen LogP contribution in [0.15, 0.2) is 65.5 Å². The molecule has 0 aliphatic carbocycles. The summed E-state index contributed by atoms with van der Waals surface area (Å²) in [5.41, 5.74) is 6.13. The van der Waals surface area contributed by atoms with E-state index in [1.807, 2.05) is 0 Å². The Morgan fingerprint density at radius 3 is 1.85 bits per heavy atom. The molecular weight excluding hydrogens is 675 g/mol. The van der Waals surface area contributed by atoms with Crippen molar-refractivity contribution in [1.29, 1.82) is 0 Å². The highest BCUT2D eigenvalue weighted by atomic mass is 28.3. The first kappa shape index (κ1) is 42.2. The minimum Gasteiger partial charge on any atom is -0.465 e. The maximum Gasteiger partial charge on any atom is 0.305 e. The fraction of sp³-hybridized carbons (Fsp3) is 0.614. The molecule has 4 N–H and O–H groups in total. The molecule has 292 valence electrons. The summed E-state index contributed by atoms with van der Waals surface area (Å²) in [5, 5.41) is 6.05. The lowest BCUT2D eigenvalue weighted by atomic mass is 10.0. The zero-order valence-electron chi connectivity index (χ0n) is 33.4. The summed E-state index contributed by atoms with van der Waals surface area (Å²) in [7, 11) is -2.33. The third-order valence-electron chi connectivity index (χ3n) is 11.3. The smallest absolute Gasteiger partial charge is 0.305 e. The van der Waals surface area contributed by atoms with Crippen LogP contribution in [0.4, 0.5) is 17.5 Å². The van der Waals surface area contributed by atoms with Crippen molar-refractivity contribution in [3.05, 3.63) is 71.0 Å². The predicted molar refractivity (Wildman–Crippen MR) is 226 cm³/mol. The zero-order valence-corrected chi connectivity index (χ0v) is 34.4. The average molecular weight is 744 g/mol. The number of carbonyl (C=O) groups excluding carboxylic acids is 1. The summed E-state index contributed by atoms with van der Waals surface area (Å²) in [6.45, 7) is 10.8. The molecule has 1 aromatic heterocycles. The number of rotatable bonds is 25. The number of aromatic nitrogens is 2. The van der Waals surface area contributed by atoms with Gasteiger partial charge in [0.15, 0.2) is 5.82 Å². The first-order chi connectivity index (χ1) is 25.7. The maximum atomic E-state index is 13.1. The van der Waals surface area contributed by atoms with Crippen molar-refractivity contribution in [2.75, 3.05) is 35.8 Å². The predicted octanol–water partition coefficient (Wildman–Crippen LogP) is 9.42. The van der Waals surface area contributed by atoms with Gasteiger partial charge in [-0.3, -0.25) is 14.6 Å². The summed E-state index contributed by atoms with van der Waals surface area (Å²) < 4.78 is 6.05. The number of nitrogens with zero attached hydrogens (tertiary/aromatic N) is 2. The van der Waals surface area contributed by atoms with E-state index in [-0.39, 0.29) is 28.4 Å². The Morgan fingerprint density at radius 2 is 1.34 bits per heavy atom. The highest BCUT2D eigenvalue weighted by Crippen LogP contribution is 2.40. The van der Waals surface area contributed by atoms with E-state index in [1.54, 1.807) is 0 Å². The van der Waals surface area contributed by atoms with Crippen molar-refractivity contribution in [2.45, 2.75) is 148 Å². The molecule has 0 bridgehead atoms. The van der Waals surface area contributed by atoms with Gasteiger partial charge in [0.25, 0.3) is 5.56 Å². The van der Waals surface area contributed by atoms with Crippen molar-refractivity contribution in [3.8, 4) is 0 Å². The van der Waals surface area contributed by atoms with Gasteiger partial charge in [0, 0.05) is 18.9 Å². The van der Waals surface area contributed by atoms with Crippen LogP contribution in [0.2, 0.25) is 11.1 Å². The van der Waals surface area contributed by atoms with E-state index in [4.69, 9.17) is 10.5 Å². The lowest BCUT2D eigenvalue weighted by molar-refractivity contribution is -0.145. The van der Waals surface area contributed by atoms with Gasteiger partial charge >= 0.3 is 5.97 Å². The van der Waals surface area contributed by atoms with Gasteiger partial charge in [0.05, 0.1) is 13.3 Å². The minimum absolute atomic E-state index is 0.0234. The lowest BCUT2D eigenvalue weighted by Gasteiger charge is -2.45. The van der Waals surface area contributed by atoms with Crippen LogP contribution in [-0.2, 0) is 9.53 Å². The molecule has 1 aliphatic rings. The van der Waals surface area contributed by atoms with Gasteiger partial charge < -0.3 is 20.7 Å². The summed E-state index contributed by atoms with van der Waals surface area (Å²) in [5.74, 6) is 0.581. The number of nitrogens with two attached hydrogens (primary N) is 1. The van der Waals surface area contributed by atoms with E-state index in [1.165, 1.54) is 93.8 Å². The van der Waals surface area contributed by atoms with Crippen molar-refractivity contribution in [2.24, 2.45) is 5.92 Å². The van der Waals surface area contributed by atoms with Crippen LogP contribution in [-0.4, -0.2) is 43.8 Å². The first-order valence-electron chi connectivity index (χ1n) is 20.8. The van der Waals surface area contributed by atoms with Gasteiger partial charge in [-0.2, -0.15) is 4.98 Å². The fourth-order valence-corrected chi connectivity index (χ4v) is 14.0. The van der Waals surface area contributed by atoms with Crippen LogP contribution in [0.5, 0.6) is 0 Å². The third-order valence-corrected chi connectivity index (χ3v) is 17.6. The Hall–Kier alpha value is -3.59. The number of fused-ring (bicyclic) bond motifs is 1. The average Bonchev–Trinajstić information content (AvgIpc) is 3.55. The number of carbonyl (C=O) groups is 1. The number of nitrogens with one attached hydrogen (secondary N) is 2. The Balaban J connectivity index is 1.32. The van der Waals surface area contributed by atoms with E-state index in [0.717, 1.165) is 25.3 Å². The molecule has 1 aliphatic heterocycles. The number of anilines is 3. The summed E-state index contributed by atoms with van der Waals surface area (Å²) in [4.78, 5) is 34.9. The van der Waals surface area contributed by atoms with Crippen molar-refractivity contribution < 1.29 is 9.53 Å². The molecular formula is C44H69N5O3Si. The van der Waals surface area contributed by atoms with Crippen molar-refractivity contribution >= 4 is 41.9 Å². The molecule has 0 amide bonds. The molecule has 0 fully saturated rings. The molecule has 2 heterocycles. The molecule has 0 saturated carbocycles. The molecule has 0 saturated heterocycles. The van der Waals surface area contributed by atoms with Crippen LogP contribution < -0.4 is 31.9 Å². The number of unbranched alkanes of at least 4 members (excludes halogenated alkanes) is 14. The van der Waals surface area contributed by atoms with Crippen LogP contribution in [0, 0.1) is 5.92 Å². The molecule has 3 aromatic rings. The van der Waals surface area contributed by atoms with Crippen LogP contribution >= 0.6 is 0 Å². The fourth-order valence-electron chi connectivity index (χ4n) is 8.29. The van der Waals surface area contributed by atoms with Gasteiger partial charge in [0.2, 0.25) is 5.95 Å². The summed E-state index contributed by atoms with van der Waals surface area (Å²) in [6, 6.07) is 23.0. The van der Waals surface area contributed by atoms with E-state index in [2.05, 4.69) is 109 Å². The van der Waals surface area contributed by atoms with E-state index >= 15 is 0 Å². The molecule has 0 spiro atoms. The summed E-state index contributed by atoms with van der Waals surface area (Å²) in [6.07, 6.45) is 20.8. The van der Waals surface area contributed by atoms with Gasteiger partial charge in [0.1, 0.15) is 13.8 Å². The zero-order chi connectivity index (χ0) is 37.9. The molecule has 9 heteroatoms. The standard InChI is InChI=1S/C44H69N5O3Si/c1-5-6-7-8-9-10-11-12-13-14-15-16-17-18-25-30-39(50)52-34-36(33-49-35-46-40-41(49)47-43(45)48-42(40)51)31-32-53(44(2,3)4,37-26-21-19-22-27-37)38-28-23-20-24-29-38/h19-24,26-29,36,46H,5-18,25,30-35H2,1-4H3,(H3,45,47,48,51). The molecule has 8 nitrogen and oxygen atoms in total. The van der Waals surface area contributed by atoms with Gasteiger partial charge in [-0.25, -0.2) is 0 Å². The van der Waals surface area contributed by atoms with Crippen molar-refractivity contribution in [1.82, 2.24) is 9.97 Å². The number of aromatic amines is 1. The third kappa shape index (κ3) is 12.8. The minimum atomic E-state index is -2.33. The Labute approximate surface area is 321 Å². The molecule has 2 aromatic carbocycles. The van der Waals surface area contributed by atoms with Gasteiger partial charge in [-0.1, -0.05) is 189 Å². The van der Waals surface area contributed by atoms with Gasteiger partial charge in [-0.15, -0.1) is 0 Å².